The SMILES string of the molecule is CC(C)Cc1ccc(CNc2cc(Br)ccc2F)cc1. The van der Waals surface area contributed by atoms with Crippen LogP contribution in [-0.4, -0.2) is 0 Å². The first-order valence-corrected chi connectivity index (χ1v) is 7.60. The minimum absolute atomic E-state index is 0.232. The Labute approximate surface area is 128 Å². The highest BCUT2D eigenvalue weighted by molar-refractivity contribution is 9.10. The van der Waals surface area contributed by atoms with Gasteiger partial charge in [-0.3, -0.25) is 0 Å². The molecule has 0 atom stereocenters. The van der Waals surface area contributed by atoms with E-state index in [-0.39, 0.29) is 5.82 Å². The molecule has 0 aliphatic rings. The van der Waals surface area contributed by atoms with Gasteiger partial charge in [0.05, 0.1) is 5.69 Å². The van der Waals surface area contributed by atoms with Gasteiger partial charge in [0.15, 0.2) is 0 Å². The predicted molar refractivity (Wildman–Crippen MR) is 86.4 cm³/mol. The van der Waals surface area contributed by atoms with E-state index in [1.54, 1.807) is 12.1 Å². The van der Waals surface area contributed by atoms with E-state index in [0.717, 1.165) is 16.5 Å². The van der Waals surface area contributed by atoms with E-state index in [4.69, 9.17) is 0 Å². The molecule has 2 aromatic rings. The summed E-state index contributed by atoms with van der Waals surface area (Å²) in [6.07, 6.45) is 1.09. The van der Waals surface area contributed by atoms with Crippen molar-refractivity contribution in [2.24, 2.45) is 5.92 Å². The Bertz CT molecular complexity index is 564. The highest BCUT2D eigenvalue weighted by atomic mass is 79.9. The number of hydrogen-bond acceptors (Lipinski definition) is 1. The van der Waals surface area contributed by atoms with E-state index in [2.05, 4.69) is 59.4 Å². The molecule has 0 spiro atoms. The van der Waals surface area contributed by atoms with E-state index < -0.39 is 0 Å². The van der Waals surface area contributed by atoms with Crippen LogP contribution in [0, 0.1) is 11.7 Å². The Hall–Kier alpha value is -1.35. The van der Waals surface area contributed by atoms with E-state index in [9.17, 15) is 4.39 Å². The van der Waals surface area contributed by atoms with Crippen molar-refractivity contribution in [3.8, 4) is 0 Å². The highest BCUT2D eigenvalue weighted by Crippen LogP contribution is 2.20. The van der Waals surface area contributed by atoms with Crippen LogP contribution < -0.4 is 5.32 Å². The van der Waals surface area contributed by atoms with Crippen LogP contribution in [0.25, 0.3) is 0 Å². The summed E-state index contributed by atoms with van der Waals surface area (Å²) in [7, 11) is 0. The monoisotopic (exact) mass is 335 g/mol. The lowest BCUT2D eigenvalue weighted by Gasteiger charge is -2.09. The lowest BCUT2D eigenvalue weighted by atomic mass is 10.0. The van der Waals surface area contributed by atoms with E-state index in [1.807, 2.05) is 0 Å². The number of rotatable bonds is 5. The average molecular weight is 336 g/mol. The molecule has 0 saturated carbocycles. The zero-order chi connectivity index (χ0) is 14.5. The highest BCUT2D eigenvalue weighted by Gasteiger charge is 2.03. The van der Waals surface area contributed by atoms with Crippen molar-refractivity contribution in [2.75, 3.05) is 5.32 Å². The van der Waals surface area contributed by atoms with Crippen molar-refractivity contribution in [2.45, 2.75) is 26.8 Å². The largest absolute Gasteiger partial charge is 0.379 e. The Balaban J connectivity index is 1.98. The Morgan fingerprint density at radius 2 is 1.70 bits per heavy atom. The van der Waals surface area contributed by atoms with Gasteiger partial charge in [-0.15, -0.1) is 0 Å². The third-order valence-corrected chi connectivity index (χ3v) is 3.57. The summed E-state index contributed by atoms with van der Waals surface area (Å²) in [4.78, 5) is 0. The van der Waals surface area contributed by atoms with E-state index in [0.29, 0.717) is 18.2 Å². The third kappa shape index (κ3) is 4.34. The summed E-state index contributed by atoms with van der Waals surface area (Å²) in [6, 6.07) is 13.4. The molecule has 0 amide bonds. The first kappa shape index (κ1) is 15.0. The Morgan fingerprint density at radius 1 is 1.05 bits per heavy atom. The molecule has 0 radical (unpaired) electrons. The standard InChI is InChI=1S/C17H19BrFN/c1-12(2)9-13-3-5-14(6-4-13)11-20-17-10-15(18)7-8-16(17)19/h3-8,10,12,20H,9,11H2,1-2H3. The number of halogens is 2. The molecule has 0 unspecified atom stereocenters. The minimum Gasteiger partial charge on any atom is -0.379 e. The van der Waals surface area contributed by atoms with Crippen LogP contribution in [-0.2, 0) is 13.0 Å². The van der Waals surface area contributed by atoms with Crippen molar-refractivity contribution >= 4 is 21.6 Å². The molecule has 2 aromatic carbocycles. The molecule has 0 heterocycles. The molecule has 106 valence electrons. The van der Waals surface area contributed by atoms with E-state index >= 15 is 0 Å². The third-order valence-electron chi connectivity index (χ3n) is 3.08. The summed E-state index contributed by atoms with van der Waals surface area (Å²) in [6.45, 7) is 5.05. The van der Waals surface area contributed by atoms with Gasteiger partial charge < -0.3 is 5.32 Å². The van der Waals surface area contributed by atoms with Crippen LogP contribution in [0.4, 0.5) is 10.1 Å². The smallest absolute Gasteiger partial charge is 0.146 e. The summed E-state index contributed by atoms with van der Waals surface area (Å²) >= 11 is 3.35. The lowest BCUT2D eigenvalue weighted by molar-refractivity contribution is 0.630. The summed E-state index contributed by atoms with van der Waals surface area (Å²) in [5, 5.41) is 3.13. The fourth-order valence-corrected chi connectivity index (χ4v) is 2.46. The number of benzene rings is 2. The van der Waals surface area contributed by atoms with Crippen molar-refractivity contribution in [3.63, 3.8) is 0 Å². The van der Waals surface area contributed by atoms with Gasteiger partial charge in [0.2, 0.25) is 0 Å². The van der Waals surface area contributed by atoms with Crippen LogP contribution in [0.5, 0.6) is 0 Å². The molecular weight excluding hydrogens is 317 g/mol. The van der Waals surface area contributed by atoms with Crippen LogP contribution >= 0.6 is 15.9 Å². The van der Waals surface area contributed by atoms with Gasteiger partial charge >= 0.3 is 0 Å². The molecule has 0 bridgehead atoms. The molecule has 3 heteroatoms. The first-order valence-electron chi connectivity index (χ1n) is 6.81. The summed E-state index contributed by atoms with van der Waals surface area (Å²) < 4.78 is 14.5. The van der Waals surface area contributed by atoms with Crippen LogP contribution in [0.1, 0.15) is 25.0 Å². The van der Waals surface area contributed by atoms with Crippen molar-refractivity contribution in [3.05, 3.63) is 63.9 Å². The molecule has 0 aromatic heterocycles. The topological polar surface area (TPSA) is 12.0 Å². The second kappa shape index (κ2) is 6.89. The molecular formula is C17H19BrFN. The van der Waals surface area contributed by atoms with Crippen molar-refractivity contribution in [1.82, 2.24) is 0 Å². The van der Waals surface area contributed by atoms with Gasteiger partial charge in [0.1, 0.15) is 5.82 Å². The zero-order valence-electron chi connectivity index (χ0n) is 11.8. The van der Waals surface area contributed by atoms with Gasteiger partial charge in [-0.05, 0) is 41.7 Å². The van der Waals surface area contributed by atoms with Crippen LogP contribution in [0.2, 0.25) is 0 Å². The predicted octanol–water partition coefficient (Wildman–Crippen LogP) is 5.40. The van der Waals surface area contributed by atoms with Gasteiger partial charge in [-0.25, -0.2) is 4.39 Å². The maximum atomic E-state index is 13.6. The van der Waals surface area contributed by atoms with Crippen LogP contribution in [0.3, 0.4) is 0 Å². The Morgan fingerprint density at radius 3 is 2.35 bits per heavy atom. The molecule has 0 aliphatic heterocycles. The average Bonchev–Trinajstić information content (AvgIpc) is 2.41. The molecule has 0 fully saturated rings. The number of hydrogen-bond donors (Lipinski definition) is 1. The van der Waals surface area contributed by atoms with Gasteiger partial charge in [-0.1, -0.05) is 54.0 Å². The second-order valence-corrected chi connectivity index (χ2v) is 6.31. The quantitative estimate of drug-likeness (QED) is 0.771. The number of anilines is 1. The number of nitrogens with one attached hydrogen (secondary N) is 1. The Kier molecular flexibility index (Phi) is 5.18. The van der Waals surface area contributed by atoms with Gasteiger partial charge in [-0.2, -0.15) is 0 Å². The molecule has 1 nitrogen and oxygen atoms in total. The fraction of sp³-hybridized carbons (Fsp3) is 0.294. The normalized spacial score (nSPS) is 10.8. The second-order valence-electron chi connectivity index (χ2n) is 5.39. The van der Waals surface area contributed by atoms with Crippen molar-refractivity contribution < 1.29 is 4.39 Å². The summed E-state index contributed by atoms with van der Waals surface area (Å²) in [5.41, 5.74) is 3.01. The lowest BCUT2D eigenvalue weighted by Crippen LogP contribution is -2.02. The van der Waals surface area contributed by atoms with Gasteiger partial charge in [0.25, 0.3) is 0 Å². The maximum absolute atomic E-state index is 13.6. The fourth-order valence-electron chi connectivity index (χ4n) is 2.09. The maximum Gasteiger partial charge on any atom is 0.146 e. The van der Waals surface area contributed by atoms with Crippen LogP contribution in [0.15, 0.2) is 46.9 Å². The first-order chi connectivity index (χ1) is 9.54. The molecule has 2 rings (SSSR count). The molecule has 0 saturated heterocycles. The van der Waals surface area contributed by atoms with Crippen molar-refractivity contribution in [1.29, 1.82) is 0 Å². The van der Waals surface area contributed by atoms with Gasteiger partial charge in [0, 0.05) is 11.0 Å². The molecule has 0 aliphatic carbocycles. The summed E-state index contributed by atoms with van der Waals surface area (Å²) in [5.74, 6) is 0.430. The molecule has 1 N–H and O–H groups in total. The zero-order valence-corrected chi connectivity index (χ0v) is 13.4. The minimum atomic E-state index is -0.232. The molecule has 20 heavy (non-hydrogen) atoms. The van der Waals surface area contributed by atoms with E-state index in [1.165, 1.54) is 11.6 Å².